The van der Waals surface area contributed by atoms with Gasteiger partial charge in [0.1, 0.15) is 0 Å². The van der Waals surface area contributed by atoms with Crippen molar-refractivity contribution < 1.29 is 4.79 Å². The first kappa shape index (κ1) is 18.0. The van der Waals surface area contributed by atoms with E-state index in [1.54, 1.807) is 14.1 Å². The number of amides is 1. The highest BCUT2D eigenvalue weighted by atomic mass is 16.2. The molecule has 0 spiro atoms. The maximum absolute atomic E-state index is 11.8. The first-order valence-electron chi connectivity index (χ1n) is 7.56. The van der Waals surface area contributed by atoms with Gasteiger partial charge in [-0.15, -0.1) is 0 Å². The fourth-order valence-electron chi connectivity index (χ4n) is 2.27. The molecule has 0 radical (unpaired) electrons. The summed E-state index contributed by atoms with van der Waals surface area (Å²) >= 11 is 0. The van der Waals surface area contributed by atoms with Crippen molar-refractivity contribution in [1.29, 1.82) is 0 Å². The normalized spacial score (nSPS) is 13.5. The van der Waals surface area contributed by atoms with Gasteiger partial charge in [-0.2, -0.15) is 0 Å². The van der Waals surface area contributed by atoms with Crippen molar-refractivity contribution in [2.75, 3.05) is 20.6 Å². The molecule has 1 rings (SSSR count). The molecule has 0 bridgehead atoms. The summed E-state index contributed by atoms with van der Waals surface area (Å²) in [6, 6.07) is 8.40. The van der Waals surface area contributed by atoms with Gasteiger partial charge in [0.2, 0.25) is 5.91 Å². The van der Waals surface area contributed by atoms with Crippen LogP contribution in [0.3, 0.4) is 0 Å². The molecule has 5 nitrogen and oxygen atoms in total. The van der Waals surface area contributed by atoms with Crippen LogP contribution >= 0.6 is 0 Å². The summed E-state index contributed by atoms with van der Waals surface area (Å²) in [5.41, 5.74) is 1.97. The lowest BCUT2D eigenvalue weighted by atomic mass is 9.92. The molecule has 0 heterocycles. The molecular formula is C17H28N4O. The Bertz CT molecular complexity index is 537. The minimum atomic E-state index is -0.502. The summed E-state index contributed by atoms with van der Waals surface area (Å²) in [4.78, 5) is 16.0. The average molecular weight is 304 g/mol. The Morgan fingerprint density at radius 2 is 1.95 bits per heavy atom. The van der Waals surface area contributed by atoms with Crippen LogP contribution in [-0.4, -0.2) is 32.5 Å². The van der Waals surface area contributed by atoms with Gasteiger partial charge in [0.25, 0.3) is 0 Å². The number of hydrogen-bond acceptors (Lipinski definition) is 2. The van der Waals surface area contributed by atoms with Crippen molar-refractivity contribution in [1.82, 2.24) is 16.0 Å². The van der Waals surface area contributed by atoms with Gasteiger partial charge in [0.15, 0.2) is 5.96 Å². The first-order chi connectivity index (χ1) is 10.3. The van der Waals surface area contributed by atoms with Gasteiger partial charge in [-0.1, -0.05) is 24.3 Å². The summed E-state index contributed by atoms with van der Waals surface area (Å²) in [5.74, 6) is 0.690. The van der Waals surface area contributed by atoms with Gasteiger partial charge in [0, 0.05) is 20.6 Å². The molecule has 3 N–H and O–H groups in total. The number of benzene rings is 1. The molecular weight excluding hydrogens is 276 g/mol. The fourth-order valence-corrected chi connectivity index (χ4v) is 2.27. The van der Waals surface area contributed by atoms with Crippen LogP contribution in [0.25, 0.3) is 0 Å². The van der Waals surface area contributed by atoms with E-state index in [1.165, 1.54) is 11.1 Å². The predicted molar refractivity (Wildman–Crippen MR) is 91.9 cm³/mol. The Balaban J connectivity index is 2.67. The Morgan fingerprint density at radius 1 is 1.32 bits per heavy atom. The van der Waals surface area contributed by atoms with E-state index in [-0.39, 0.29) is 11.9 Å². The second-order valence-electron chi connectivity index (χ2n) is 6.11. The molecule has 1 amide bonds. The third kappa shape index (κ3) is 4.76. The highest BCUT2D eigenvalue weighted by Gasteiger charge is 2.26. The molecule has 0 aromatic heterocycles. The fraction of sp³-hybridized carbons (Fsp3) is 0.529. The van der Waals surface area contributed by atoms with E-state index >= 15 is 0 Å². The Labute approximate surface area is 133 Å². The van der Waals surface area contributed by atoms with Gasteiger partial charge >= 0.3 is 0 Å². The van der Waals surface area contributed by atoms with Crippen molar-refractivity contribution in [2.45, 2.75) is 33.7 Å². The van der Waals surface area contributed by atoms with Crippen molar-refractivity contribution in [2.24, 2.45) is 10.4 Å². The number of guanidine groups is 1. The average Bonchev–Trinajstić information content (AvgIpc) is 2.50. The monoisotopic (exact) mass is 304 g/mol. The molecule has 1 atom stereocenters. The third-order valence-corrected chi connectivity index (χ3v) is 3.77. The summed E-state index contributed by atoms with van der Waals surface area (Å²) in [7, 11) is 3.38. The second kappa shape index (κ2) is 7.82. The summed E-state index contributed by atoms with van der Waals surface area (Å²) in [5, 5.41) is 9.27. The van der Waals surface area contributed by atoms with E-state index in [0.29, 0.717) is 12.5 Å². The highest BCUT2D eigenvalue weighted by Crippen LogP contribution is 2.17. The molecule has 0 saturated carbocycles. The Hall–Kier alpha value is -2.04. The van der Waals surface area contributed by atoms with Gasteiger partial charge < -0.3 is 16.0 Å². The maximum Gasteiger partial charge on any atom is 0.227 e. The van der Waals surface area contributed by atoms with Crippen LogP contribution in [0.15, 0.2) is 29.3 Å². The zero-order valence-electron chi connectivity index (χ0n) is 14.4. The first-order valence-corrected chi connectivity index (χ1v) is 7.56. The largest absolute Gasteiger partial charge is 0.359 e. The van der Waals surface area contributed by atoms with Crippen molar-refractivity contribution in [3.05, 3.63) is 35.4 Å². The molecule has 122 valence electrons. The SMILES string of the molecule is CN=C(NCC(C)(C)C(=O)NC)NC(C)c1ccccc1C. The number of aryl methyl sites for hydroxylation is 1. The second-order valence-corrected chi connectivity index (χ2v) is 6.11. The van der Waals surface area contributed by atoms with Crippen molar-refractivity contribution in [3.8, 4) is 0 Å². The molecule has 1 unspecified atom stereocenters. The van der Waals surface area contributed by atoms with Gasteiger partial charge in [-0.25, -0.2) is 0 Å². The van der Waals surface area contributed by atoms with E-state index in [9.17, 15) is 4.79 Å². The van der Waals surface area contributed by atoms with E-state index < -0.39 is 5.41 Å². The molecule has 1 aromatic carbocycles. The number of nitrogens with zero attached hydrogens (tertiary/aromatic N) is 1. The van der Waals surface area contributed by atoms with E-state index in [0.717, 1.165) is 0 Å². The maximum atomic E-state index is 11.8. The molecule has 0 aliphatic carbocycles. The van der Waals surface area contributed by atoms with Crippen LogP contribution in [0.4, 0.5) is 0 Å². The van der Waals surface area contributed by atoms with Crippen LogP contribution < -0.4 is 16.0 Å². The number of carbonyl (C=O) groups is 1. The van der Waals surface area contributed by atoms with E-state index in [2.05, 4.69) is 46.9 Å². The molecule has 22 heavy (non-hydrogen) atoms. The van der Waals surface area contributed by atoms with Crippen molar-refractivity contribution in [3.63, 3.8) is 0 Å². The van der Waals surface area contributed by atoms with Crippen LogP contribution in [0.2, 0.25) is 0 Å². The van der Waals surface area contributed by atoms with Crippen LogP contribution in [0.1, 0.15) is 37.9 Å². The van der Waals surface area contributed by atoms with E-state index in [1.807, 2.05) is 26.0 Å². The van der Waals surface area contributed by atoms with Crippen LogP contribution in [-0.2, 0) is 4.79 Å². The van der Waals surface area contributed by atoms with Crippen molar-refractivity contribution >= 4 is 11.9 Å². The van der Waals surface area contributed by atoms with Crippen LogP contribution in [0, 0.1) is 12.3 Å². The Kier molecular flexibility index (Phi) is 6.40. The Morgan fingerprint density at radius 3 is 2.50 bits per heavy atom. The van der Waals surface area contributed by atoms with Crippen LogP contribution in [0.5, 0.6) is 0 Å². The highest BCUT2D eigenvalue weighted by molar-refractivity contribution is 5.84. The molecule has 0 aliphatic heterocycles. The number of carbonyl (C=O) groups excluding carboxylic acids is 1. The quantitative estimate of drug-likeness (QED) is 0.576. The van der Waals surface area contributed by atoms with Gasteiger partial charge in [0.05, 0.1) is 11.5 Å². The molecule has 0 fully saturated rings. The lowest BCUT2D eigenvalue weighted by Gasteiger charge is -2.25. The topological polar surface area (TPSA) is 65.5 Å². The summed E-state index contributed by atoms with van der Waals surface area (Å²) in [6.45, 7) is 8.50. The predicted octanol–water partition coefficient (Wildman–Crippen LogP) is 1.99. The standard InChI is InChI=1S/C17H28N4O/c1-12-9-7-8-10-14(12)13(2)21-16(19-6)20-11-17(3,4)15(22)18-5/h7-10,13H,11H2,1-6H3,(H,18,22)(H2,19,20,21). The minimum Gasteiger partial charge on any atom is -0.359 e. The molecule has 0 saturated heterocycles. The van der Waals surface area contributed by atoms with Gasteiger partial charge in [-0.05, 0) is 38.8 Å². The molecule has 5 heteroatoms. The molecule has 0 aliphatic rings. The lowest BCUT2D eigenvalue weighted by molar-refractivity contribution is -0.128. The summed E-state index contributed by atoms with van der Waals surface area (Å²) < 4.78 is 0. The number of nitrogens with one attached hydrogen (secondary N) is 3. The molecule has 1 aromatic rings. The zero-order chi connectivity index (χ0) is 16.8. The van der Waals surface area contributed by atoms with E-state index in [4.69, 9.17) is 0 Å². The number of hydrogen-bond donors (Lipinski definition) is 3. The number of rotatable bonds is 5. The lowest BCUT2D eigenvalue weighted by Crippen LogP contribution is -2.47. The summed E-state index contributed by atoms with van der Waals surface area (Å²) in [6.07, 6.45) is 0. The smallest absolute Gasteiger partial charge is 0.227 e. The van der Waals surface area contributed by atoms with Gasteiger partial charge in [-0.3, -0.25) is 9.79 Å². The third-order valence-electron chi connectivity index (χ3n) is 3.77. The minimum absolute atomic E-state index is 0.00223. The zero-order valence-corrected chi connectivity index (χ0v) is 14.4. The number of aliphatic imine (C=N–C) groups is 1.